The second-order valence-corrected chi connectivity index (χ2v) is 4.18. The Morgan fingerprint density at radius 1 is 1.16 bits per heavy atom. The van der Waals surface area contributed by atoms with Crippen molar-refractivity contribution < 1.29 is 19.7 Å². The van der Waals surface area contributed by atoms with E-state index in [0.29, 0.717) is 12.8 Å². The molecule has 2 N–H and O–H groups in total. The van der Waals surface area contributed by atoms with Gasteiger partial charge in [0, 0.05) is 19.5 Å². The van der Waals surface area contributed by atoms with Gasteiger partial charge in [0.1, 0.15) is 5.75 Å². The summed E-state index contributed by atoms with van der Waals surface area (Å²) in [5.41, 5.74) is 1.06. The second-order valence-electron chi connectivity index (χ2n) is 4.18. The van der Waals surface area contributed by atoms with Crippen molar-refractivity contribution in [2.45, 2.75) is 12.8 Å². The number of aliphatic hydroxyl groups excluding tert-OH is 2. The maximum Gasteiger partial charge on any atom is 0.223 e. The molecule has 1 rings (SSSR count). The lowest BCUT2D eigenvalue weighted by Gasteiger charge is -2.20. The molecule has 0 spiro atoms. The number of methoxy groups -OCH3 is 1. The molecular formula is C14H21NO4. The van der Waals surface area contributed by atoms with Gasteiger partial charge in [0.2, 0.25) is 5.91 Å². The average molecular weight is 267 g/mol. The third kappa shape index (κ3) is 5.28. The van der Waals surface area contributed by atoms with Crippen molar-refractivity contribution >= 4 is 5.91 Å². The monoisotopic (exact) mass is 267 g/mol. The highest BCUT2D eigenvalue weighted by Crippen LogP contribution is 2.13. The molecule has 0 aliphatic rings. The summed E-state index contributed by atoms with van der Waals surface area (Å²) >= 11 is 0. The molecule has 5 nitrogen and oxygen atoms in total. The number of hydrogen-bond acceptors (Lipinski definition) is 4. The smallest absolute Gasteiger partial charge is 0.223 e. The van der Waals surface area contributed by atoms with E-state index in [1.807, 2.05) is 24.3 Å². The number of rotatable bonds is 8. The van der Waals surface area contributed by atoms with Crippen LogP contribution in [0.1, 0.15) is 12.0 Å². The minimum atomic E-state index is -0.0890. The van der Waals surface area contributed by atoms with Gasteiger partial charge in [-0.25, -0.2) is 0 Å². The van der Waals surface area contributed by atoms with Gasteiger partial charge in [-0.1, -0.05) is 12.1 Å². The first kappa shape index (κ1) is 15.5. The summed E-state index contributed by atoms with van der Waals surface area (Å²) in [6.07, 6.45) is 1.00. The van der Waals surface area contributed by atoms with Gasteiger partial charge in [-0.15, -0.1) is 0 Å². The van der Waals surface area contributed by atoms with Crippen molar-refractivity contribution in [3.63, 3.8) is 0 Å². The molecule has 1 aromatic rings. The van der Waals surface area contributed by atoms with E-state index in [4.69, 9.17) is 14.9 Å². The highest BCUT2D eigenvalue weighted by atomic mass is 16.5. The lowest BCUT2D eigenvalue weighted by atomic mass is 10.1. The Morgan fingerprint density at radius 2 is 1.74 bits per heavy atom. The zero-order valence-electron chi connectivity index (χ0n) is 11.2. The van der Waals surface area contributed by atoms with Crippen molar-refractivity contribution in [3.05, 3.63) is 29.8 Å². The van der Waals surface area contributed by atoms with Gasteiger partial charge in [0.15, 0.2) is 0 Å². The fourth-order valence-electron chi connectivity index (χ4n) is 1.80. The summed E-state index contributed by atoms with van der Waals surface area (Å²) in [5, 5.41) is 17.7. The zero-order valence-corrected chi connectivity index (χ0v) is 11.2. The van der Waals surface area contributed by atoms with E-state index >= 15 is 0 Å². The van der Waals surface area contributed by atoms with Crippen LogP contribution in [0.4, 0.5) is 0 Å². The fraction of sp³-hybridized carbons (Fsp3) is 0.500. The van der Waals surface area contributed by atoms with Crippen LogP contribution in [0.15, 0.2) is 24.3 Å². The molecule has 106 valence electrons. The van der Waals surface area contributed by atoms with Crippen LogP contribution in [-0.4, -0.2) is 54.4 Å². The van der Waals surface area contributed by atoms with Crippen molar-refractivity contribution in [3.8, 4) is 5.75 Å². The average Bonchev–Trinajstić information content (AvgIpc) is 2.45. The number of nitrogens with zero attached hydrogens (tertiary/aromatic N) is 1. The van der Waals surface area contributed by atoms with Crippen LogP contribution in [0, 0.1) is 0 Å². The van der Waals surface area contributed by atoms with Gasteiger partial charge in [-0.2, -0.15) is 0 Å². The van der Waals surface area contributed by atoms with E-state index in [2.05, 4.69) is 0 Å². The molecule has 0 aliphatic heterocycles. The summed E-state index contributed by atoms with van der Waals surface area (Å²) in [4.78, 5) is 13.4. The molecule has 1 amide bonds. The fourth-order valence-corrected chi connectivity index (χ4v) is 1.80. The molecule has 0 bridgehead atoms. The highest BCUT2D eigenvalue weighted by molar-refractivity contribution is 5.76. The summed E-state index contributed by atoms with van der Waals surface area (Å²) in [6, 6.07) is 7.57. The van der Waals surface area contributed by atoms with Gasteiger partial charge in [0.05, 0.1) is 20.3 Å². The van der Waals surface area contributed by atoms with E-state index in [1.54, 1.807) is 7.11 Å². The predicted octanol–water partition coefficient (Wildman–Crippen LogP) is 0.441. The van der Waals surface area contributed by atoms with E-state index in [0.717, 1.165) is 11.3 Å². The predicted molar refractivity (Wildman–Crippen MR) is 72.1 cm³/mol. The molecule has 0 aromatic heterocycles. The van der Waals surface area contributed by atoms with Crippen LogP contribution in [0.2, 0.25) is 0 Å². The molecular weight excluding hydrogens is 246 g/mol. The molecule has 5 heteroatoms. The van der Waals surface area contributed by atoms with E-state index in [-0.39, 0.29) is 32.2 Å². The van der Waals surface area contributed by atoms with Gasteiger partial charge >= 0.3 is 0 Å². The molecule has 0 radical (unpaired) electrons. The Bertz CT molecular complexity index is 372. The van der Waals surface area contributed by atoms with Crippen LogP contribution in [0.3, 0.4) is 0 Å². The number of aryl methyl sites for hydroxylation is 1. The molecule has 1 aromatic carbocycles. The lowest BCUT2D eigenvalue weighted by molar-refractivity contribution is -0.132. The maximum absolute atomic E-state index is 11.9. The van der Waals surface area contributed by atoms with Crippen molar-refractivity contribution in [2.75, 3.05) is 33.4 Å². The van der Waals surface area contributed by atoms with Crippen LogP contribution < -0.4 is 4.74 Å². The van der Waals surface area contributed by atoms with E-state index < -0.39 is 0 Å². The van der Waals surface area contributed by atoms with Crippen molar-refractivity contribution in [1.82, 2.24) is 4.90 Å². The largest absolute Gasteiger partial charge is 0.497 e. The molecule has 0 atom stereocenters. The minimum Gasteiger partial charge on any atom is -0.497 e. The standard InChI is InChI=1S/C14H21NO4/c1-19-13-5-2-12(3-6-13)4-7-14(18)15(8-10-16)9-11-17/h2-3,5-6,16-17H,4,7-11H2,1H3. The molecule has 0 fully saturated rings. The molecule has 19 heavy (non-hydrogen) atoms. The summed E-state index contributed by atoms with van der Waals surface area (Å²) in [7, 11) is 1.61. The highest BCUT2D eigenvalue weighted by Gasteiger charge is 2.12. The second kappa shape index (κ2) is 8.50. The number of aliphatic hydroxyl groups is 2. The van der Waals surface area contributed by atoms with Gasteiger partial charge in [0.25, 0.3) is 0 Å². The van der Waals surface area contributed by atoms with E-state index in [9.17, 15) is 4.79 Å². The number of benzene rings is 1. The summed E-state index contributed by atoms with van der Waals surface area (Å²) in [6.45, 7) is 0.354. The number of amides is 1. The van der Waals surface area contributed by atoms with Gasteiger partial charge in [-0.3, -0.25) is 4.79 Å². The Morgan fingerprint density at radius 3 is 2.21 bits per heavy atom. The van der Waals surface area contributed by atoms with Crippen molar-refractivity contribution in [1.29, 1.82) is 0 Å². The number of hydrogen-bond donors (Lipinski definition) is 2. The van der Waals surface area contributed by atoms with Crippen LogP contribution in [0.25, 0.3) is 0 Å². The topological polar surface area (TPSA) is 70.0 Å². The number of carbonyl (C=O) groups excluding carboxylic acids is 1. The van der Waals surface area contributed by atoms with Gasteiger partial charge < -0.3 is 19.8 Å². The number of ether oxygens (including phenoxy) is 1. The summed E-state index contributed by atoms with van der Waals surface area (Å²) < 4.78 is 5.07. The van der Waals surface area contributed by atoms with Crippen LogP contribution in [-0.2, 0) is 11.2 Å². The molecule has 0 unspecified atom stereocenters. The van der Waals surface area contributed by atoms with Crippen LogP contribution in [0.5, 0.6) is 5.75 Å². The van der Waals surface area contributed by atoms with Crippen molar-refractivity contribution in [2.24, 2.45) is 0 Å². The molecule has 0 saturated carbocycles. The maximum atomic E-state index is 11.9. The summed E-state index contributed by atoms with van der Waals surface area (Å²) in [5.74, 6) is 0.733. The number of carbonyl (C=O) groups is 1. The molecule has 0 heterocycles. The first-order valence-electron chi connectivity index (χ1n) is 6.33. The lowest BCUT2D eigenvalue weighted by Crippen LogP contribution is -2.35. The Balaban J connectivity index is 2.46. The molecule has 0 saturated heterocycles. The Labute approximate surface area is 113 Å². The quantitative estimate of drug-likeness (QED) is 0.717. The van der Waals surface area contributed by atoms with Gasteiger partial charge in [-0.05, 0) is 24.1 Å². The van der Waals surface area contributed by atoms with E-state index in [1.165, 1.54) is 4.90 Å². The third-order valence-corrected chi connectivity index (χ3v) is 2.88. The first-order valence-corrected chi connectivity index (χ1v) is 6.33. The first-order chi connectivity index (χ1) is 9.21. The third-order valence-electron chi connectivity index (χ3n) is 2.88. The SMILES string of the molecule is COc1ccc(CCC(=O)N(CCO)CCO)cc1. The Hall–Kier alpha value is -1.59. The Kier molecular flexibility index (Phi) is 6.92. The molecule has 0 aliphatic carbocycles. The zero-order chi connectivity index (χ0) is 14.1. The van der Waals surface area contributed by atoms with Crippen LogP contribution >= 0.6 is 0 Å². The minimum absolute atomic E-state index is 0.0566. The normalized spacial score (nSPS) is 10.3.